The Hall–Kier alpha value is -2.48. The van der Waals surface area contributed by atoms with Crippen LogP contribution in [0.2, 0.25) is 0 Å². The summed E-state index contributed by atoms with van der Waals surface area (Å²) in [6, 6.07) is 2.78. The zero-order valence-electron chi connectivity index (χ0n) is 11.2. The van der Waals surface area contributed by atoms with Crippen LogP contribution >= 0.6 is 0 Å². The van der Waals surface area contributed by atoms with E-state index in [2.05, 4.69) is 10.6 Å². The van der Waals surface area contributed by atoms with E-state index in [0.717, 1.165) is 6.42 Å². The molecule has 4 N–H and O–H groups in total. The highest BCUT2D eigenvalue weighted by Gasteiger charge is 2.19. The lowest BCUT2D eigenvalue weighted by atomic mass is 10.2. The minimum Gasteiger partial charge on any atom is -0.490 e. The molecule has 114 valence electrons. The summed E-state index contributed by atoms with van der Waals surface area (Å²) in [5, 5.41) is 22.2. The highest BCUT2D eigenvalue weighted by molar-refractivity contribution is 5.92. The van der Waals surface area contributed by atoms with E-state index in [1.165, 1.54) is 0 Å². The molecule has 0 radical (unpaired) electrons. The van der Waals surface area contributed by atoms with Gasteiger partial charge in [0.05, 0.1) is 19.8 Å². The van der Waals surface area contributed by atoms with Gasteiger partial charge < -0.3 is 30.3 Å². The summed E-state index contributed by atoms with van der Waals surface area (Å²) in [6.45, 7) is 0.398. The van der Waals surface area contributed by atoms with Gasteiger partial charge in [-0.15, -0.1) is 0 Å². The number of carboxylic acid groups (broad SMARTS) is 1. The van der Waals surface area contributed by atoms with Crippen molar-refractivity contribution in [3.8, 4) is 11.5 Å². The Balaban J connectivity index is 2.01. The number of nitrogens with one attached hydrogen (secondary N) is 2. The third-order valence-electron chi connectivity index (χ3n) is 2.79. The lowest BCUT2D eigenvalue weighted by Gasteiger charge is -2.14. The van der Waals surface area contributed by atoms with Crippen LogP contribution in [-0.2, 0) is 4.79 Å². The van der Waals surface area contributed by atoms with Crippen molar-refractivity contribution >= 4 is 17.7 Å². The molecule has 0 aliphatic carbocycles. The molecule has 0 spiro atoms. The summed E-state index contributed by atoms with van der Waals surface area (Å²) in [4.78, 5) is 22.4. The number of carbonyl (C=O) groups excluding carboxylic acids is 1. The Bertz CT molecular complexity index is 533. The van der Waals surface area contributed by atoms with Crippen molar-refractivity contribution in [1.82, 2.24) is 5.32 Å². The van der Waals surface area contributed by atoms with Gasteiger partial charge in [0.15, 0.2) is 17.5 Å². The number of hydrogen-bond donors (Lipinski definition) is 4. The smallest absolute Gasteiger partial charge is 0.328 e. The standard InChI is InChI=1S/C13H16N2O6/c16-7-9(12(17)18)15-13(19)14-8-2-3-10-11(6-8)21-5-1-4-20-10/h2-3,6,9,16H,1,4-5,7H2,(H,17,18)(H2,14,15,19). The summed E-state index contributed by atoms with van der Waals surface area (Å²) >= 11 is 0. The van der Waals surface area contributed by atoms with E-state index in [1.54, 1.807) is 18.2 Å². The number of benzene rings is 1. The SMILES string of the molecule is O=C(Nc1ccc2c(c1)OCCCO2)NC(CO)C(=O)O. The van der Waals surface area contributed by atoms with E-state index >= 15 is 0 Å². The normalized spacial score (nSPS) is 14.7. The fourth-order valence-corrected chi connectivity index (χ4v) is 1.75. The van der Waals surface area contributed by atoms with Gasteiger partial charge in [-0.3, -0.25) is 0 Å². The number of amides is 2. The molecule has 21 heavy (non-hydrogen) atoms. The van der Waals surface area contributed by atoms with Crippen LogP contribution in [0, 0.1) is 0 Å². The molecule has 2 amide bonds. The average molecular weight is 296 g/mol. The van der Waals surface area contributed by atoms with Gasteiger partial charge >= 0.3 is 12.0 Å². The van der Waals surface area contributed by atoms with Gasteiger partial charge in [0, 0.05) is 18.2 Å². The van der Waals surface area contributed by atoms with Crippen LogP contribution in [0.15, 0.2) is 18.2 Å². The third-order valence-corrected chi connectivity index (χ3v) is 2.79. The van der Waals surface area contributed by atoms with Crippen LogP contribution in [0.4, 0.5) is 10.5 Å². The molecule has 1 aliphatic rings. The lowest BCUT2D eigenvalue weighted by Crippen LogP contribution is -2.45. The second-order valence-electron chi connectivity index (χ2n) is 4.38. The molecule has 1 atom stereocenters. The van der Waals surface area contributed by atoms with Crippen LogP contribution < -0.4 is 20.1 Å². The number of carbonyl (C=O) groups is 2. The topological polar surface area (TPSA) is 117 Å². The first-order valence-electron chi connectivity index (χ1n) is 6.41. The Morgan fingerprint density at radius 1 is 1.24 bits per heavy atom. The lowest BCUT2D eigenvalue weighted by molar-refractivity contribution is -0.140. The molecule has 0 bridgehead atoms. The summed E-state index contributed by atoms with van der Waals surface area (Å²) in [5.41, 5.74) is 0.429. The van der Waals surface area contributed by atoms with Crippen LogP contribution in [-0.4, -0.2) is 48.1 Å². The number of urea groups is 1. The fraction of sp³-hybridized carbons (Fsp3) is 0.385. The number of rotatable bonds is 4. The quantitative estimate of drug-likeness (QED) is 0.639. The molecular weight excluding hydrogens is 280 g/mol. The second-order valence-corrected chi connectivity index (χ2v) is 4.38. The van der Waals surface area contributed by atoms with Crippen molar-refractivity contribution in [1.29, 1.82) is 0 Å². The molecule has 2 rings (SSSR count). The summed E-state index contributed by atoms with van der Waals surface area (Å²) in [6.07, 6.45) is 0.773. The second kappa shape index (κ2) is 6.80. The number of carboxylic acids is 1. The highest BCUT2D eigenvalue weighted by atomic mass is 16.5. The number of aliphatic hydroxyl groups is 1. The van der Waals surface area contributed by atoms with Crippen LogP contribution in [0.3, 0.4) is 0 Å². The molecule has 0 saturated carbocycles. The molecule has 0 aromatic heterocycles. The van der Waals surface area contributed by atoms with Crippen LogP contribution in [0.25, 0.3) is 0 Å². The first-order chi connectivity index (χ1) is 10.1. The van der Waals surface area contributed by atoms with E-state index in [4.69, 9.17) is 19.7 Å². The van der Waals surface area contributed by atoms with Gasteiger partial charge in [0.25, 0.3) is 0 Å². The zero-order chi connectivity index (χ0) is 15.2. The van der Waals surface area contributed by atoms with Gasteiger partial charge in [-0.05, 0) is 12.1 Å². The molecule has 0 saturated heterocycles. The maximum Gasteiger partial charge on any atom is 0.328 e. The molecule has 8 heteroatoms. The number of anilines is 1. The van der Waals surface area contributed by atoms with Crippen molar-refractivity contribution in [3.05, 3.63) is 18.2 Å². The molecule has 1 aromatic rings. The van der Waals surface area contributed by atoms with Crippen molar-refractivity contribution in [2.24, 2.45) is 0 Å². The fourth-order valence-electron chi connectivity index (χ4n) is 1.75. The zero-order valence-corrected chi connectivity index (χ0v) is 11.2. The van der Waals surface area contributed by atoms with Crippen molar-refractivity contribution in [3.63, 3.8) is 0 Å². The molecule has 1 heterocycles. The summed E-state index contributed by atoms with van der Waals surface area (Å²) in [7, 11) is 0. The monoisotopic (exact) mass is 296 g/mol. The molecular formula is C13H16N2O6. The Morgan fingerprint density at radius 2 is 1.95 bits per heavy atom. The first kappa shape index (κ1) is 14.9. The molecule has 1 aromatic carbocycles. The van der Waals surface area contributed by atoms with Gasteiger partial charge in [0.1, 0.15) is 0 Å². The maximum absolute atomic E-state index is 11.7. The number of aliphatic hydroxyl groups excluding tert-OH is 1. The Morgan fingerprint density at radius 3 is 2.62 bits per heavy atom. The number of fused-ring (bicyclic) bond motifs is 1. The van der Waals surface area contributed by atoms with E-state index in [0.29, 0.717) is 30.4 Å². The van der Waals surface area contributed by atoms with Crippen molar-refractivity contribution in [2.75, 3.05) is 25.1 Å². The number of aliphatic carboxylic acids is 1. The average Bonchev–Trinajstić information content (AvgIpc) is 2.69. The molecule has 1 aliphatic heterocycles. The van der Waals surface area contributed by atoms with Gasteiger partial charge in [-0.25, -0.2) is 9.59 Å². The molecule has 8 nitrogen and oxygen atoms in total. The minimum absolute atomic E-state index is 0.429. The summed E-state index contributed by atoms with van der Waals surface area (Å²) in [5.74, 6) is -0.203. The van der Waals surface area contributed by atoms with Gasteiger partial charge in [-0.1, -0.05) is 0 Å². The van der Waals surface area contributed by atoms with Crippen LogP contribution in [0.5, 0.6) is 11.5 Å². The van der Waals surface area contributed by atoms with E-state index in [-0.39, 0.29) is 0 Å². The van der Waals surface area contributed by atoms with Crippen molar-refractivity contribution < 1.29 is 29.3 Å². The van der Waals surface area contributed by atoms with Crippen molar-refractivity contribution in [2.45, 2.75) is 12.5 Å². The molecule has 0 fully saturated rings. The largest absolute Gasteiger partial charge is 0.490 e. The Kier molecular flexibility index (Phi) is 4.83. The van der Waals surface area contributed by atoms with Gasteiger partial charge in [0.2, 0.25) is 0 Å². The van der Waals surface area contributed by atoms with Gasteiger partial charge in [-0.2, -0.15) is 0 Å². The van der Waals surface area contributed by atoms with E-state index < -0.39 is 24.6 Å². The minimum atomic E-state index is -1.36. The van der Waals surface area contributed by atoms with E-state index in [1.807, 2.05) is 0 Å². The Labute approximate surface area is 120 Å². The predicted octanol–water partition coefficient (Wildman–Crippen LogP) is 0.415. The number of hydrogen-bond acceptors (Lipinski definition) is 5. The molecule has 1 unspecified atom stereocenters. The summed E-state index contributed by atoms with van der Waals surface area (Å²) < 4.78 is 10.9. The highest BCUT2D eigenvalue weighted by Crippen LogP contribution is 2.32. The first-order valence-corrected chi connectivity index (χ1v) is 6.41. The maximum atomic E-state index is 11.7. The van der Waals surface area contributed by atoms with Crippen LogP contribution in [0.1, 0.15) is 6.42 Å². The number of ether oxygens (including phenoxy) is 2. The predicted molar refractivity (Wildman–Crippen MR) is 72.7 cm³/mol. The third kappa shape index (κ3) is 3.99. The van der Waals surface area contributed by atoms with E-state index in [9.17, 15) is 9.59 Å².